The summed E-state index contributed by atoms with van der Waals surface area (Å²) in [6.45, 7) is 4.95. The second kappa shape index (κ2) is 4.69. The molecule has 0 aliphatic heterocycles. The molecule has 0 fully saturated rings. The van der Waals surface area contributed by atoms with Crippen LogP contribution in [0, 0.1) is 5.41 Å². The van der Waals surface area contributed by atoms with Gasteiger partial charge in [0.15, 0.2) is 5.03 Å². The maximum Gasteiger partial charge on any atom is 0.322 e. The maximum absolute atomic E-state index is 12.0. The molecule has 1 aromatic rings. The second-order valence-corrected chi connectivity index (χ2v) is 6.71. The van der Waals surface area contributed by atoms with Crippen LogP contribution in [0.1, 0.15) is 20.8 Å². The third-order valence-electron chi connectivity index (χ3n) is 2.44. The van der Waals surface area contributed by atoms with Crippen LogP contribution in [0.3, 0.4) is 0 Å². The van der Waals surface area contributed by atoms with Gasteiger partial charge in [0.25, 0.3) is 10.0 Å². The number of aliphatic carboxylic acids is 1. The van der Waals surface area contributed by atoms with Gasteiger partial charge in [0.1, 0.15) is 6.04 Å². The molecular formula is C10H17N3O4S. The normalized spacial score (nSPS) is 14.4. The Balaban J connectivity index is 3.09. The Bertz CT molecular complexity index is 542. The SMILES string of the molecule is Cn1nccc1S(=O)(=O)NC(C(=O)O)C(C)(C)C. The van der Waals surface area contributed by atoms with Gasteiger partial charge in [0.05, 0.1) is 6.20 Å². The Morgan fingerprint density at radius 1 is 1.50 bits per heavy atom. The Morgan fingerprint density at radius 2 is 2.06 bits per heavy atom. The van der Waals surface area contributed by atoms with Gasteiger partial charge in [-0.25, -0.2) is 8.42 Å². The molecule has 1 rings (SSSR count). The van der Waals surface area contributed by atoms with Crippen molar-refractivity contribution in [1.29, 1.82) is 0 Å². The van der Waals surface area contributed by atoms with Crippen LogP contribution in [0.5, 0.6) is 0 Å². The second-order valence-electron chi connectivity index (χ2n) is 5.05. The molecule has 0 saturated carbocycles. The summed E-state index contributed by atoms with van der Waals surface area (Å²) in [5.74, 6) is -1.21. The predicted molar refractivity (Wildman–Crippen MR) is 64.4 cm³/mol. The summed E-state index contributed by atoms with van der Waals surface area (Å²) in [6, 6.07) is 0.0987. The van der Waals surface area contributed by atoms with Crippen molar-refractivity contribution in [2.75, 3.05) is 0 Å². The van der Waals surface area contributed by atoms with Gasteiger partial charge in [-0.2, -0.15) is 9.82 Å². The highest BCUT2D eigenvalue weighted by Gasteiger charge is 2.36. The minimum Gasteiger partial charge on any atom is -0.480 e. The van der Waals surface area contributed by atoms with Crippen LogP contribution in [0.25, 0.3) is 0 Å². The summed E-state index contributed by atoms with van der Waals surface area (Å²) in [5.41, 5.74) is -0.739. The maximum atomic E-state index is 12.0. The van der Waals surface area contributed by atoms with E-state index in [1.165, 1.54) is 24.0 Å². The van der Waals surface area contributed by atoms with E-state index in [1.54, 1.807) is 20.8 Å². The number of carboxylic acid groups (broad SMARTS) is 1. The number of carboxylic acids is 1. The van der Waals surface area contributed by atoms with Gasteiger partial charge >= 0.3 is 5.97 Å². The zero-order valence-corrected chi connectivity index (χ0v) is 11.5. The average molecular weight is 275 g/mol. The molecule has 8 heteroatoms. The van der Waals surface area contributed by atoms with Gasteiger partial charge in [-0.1, -0.05) is 20.8 Å². The molecule has 102 valence electrons. The van der Waals surface area contributed by atoms with E-state index < -0.39 is 27.4 Å². The molecule has 0 aliphatic rings. The fourth-order valence-electron chi connectivity index (χ4n) is 1.44. The van der Waals surface area contributed by atoms with Crippen LogP contribution < -0.4 is 4.72 Å². The van der Waals surface area contributed by atoms with Crippen LogP contribution in [0.15, 0.2) is 17.3 Å². The summed E-state index contributed by atoms with van der Waals surface area (Å²) < 4.78 is 27.4. The molecule has 0 spiro atoms. The first kappa shape index (κ1) is 14.7. The van der Waals surface area contributed by atoms with E-state index >= 15 is 0 Å². The number of hydrogen-bond donors (Lipinski definition) is 2. The number of aromatic nitrogens is 2. The Kier molecular flexibility index (Phi) is 3.82. The van der Waals surface area contributed by atoms with E-state index in [9.17, 15) is 13.2 Å². The quantitative estimate of drug-likeness (QED) is 0.817. The van der Waals surface area contributed by atoms with Gasteiger partial charge in [0.2, 0.25) is 0 Å². The van der Waals surface area contributed by atoms with Crippen LogP contribution in [0.2, 0.25) is 0 Å². The molecule has 0 bridgehead atoms. The lowest BCUT2D eigenvalue weighted by molar-refractivity contribution is -0.141. The van der Waals surface area contributed by atoms with E-state index in [0.717, 1.165) is 0 Å². The van der Waals surface area contributed by atoms with Crippen LogP contribution >= 0.6 is 0 Å². The van der Waals surface area contributed by atoms with E-state index in [2.05, 4.69) is 9.82 Å². The van der Waals surface area contributed by atoms with E-state index in [0.29, 0.717) is 0 Å². The molecule has 1 atom stereocenters. The standard InChI is InChI=1S/C10H17N3O4S/c1-10(2,3)8(9(14)15)12-18(16,17)7-5-6-11-13(7)4/h5-6,8,12H,1-4H3,(H,14,15). The lowest BCUT2D eigenvalue weighted by atomic mass is 9.88. The zero-order valence-electron chi connectivity index (χ0n) is 10.7. The van der Waals surface area contributed by atoms with Crippen molar-refractivity contribution < 1.29 is 18.3 Å². The van der Waals surface area contributed by atoms with Crippen molar-refractivity contribution in [3.05, 3.63) is 12.3 Å². The topological polar surface area (TPSA) is 101 Å². The van der Waals surface area contributed by atoms with Crippen molar-refractivity contribution in [3.8, 4) is 0 Å². The van der Waals surface area contributed by atoms with Crippen molar-refractivity contribution in [1.82, 2.24) is 14.5 Å². The summed E-state index contributed by atoms with van der Waals surface area (Å²) >= 11 is 0. The number of hydrogen-bond acceptors (Lipinski definition) is 4. The lowest BCUT2D eigenvalue weighted by Gasteiger charge is -2.27. The van der Waals surface area contributed by atoms with Gasteiger partial charge in [0, 0.05) is 7.05 Å². The fourth-order valence-corrected chi connectivity index (χ4v) is 2.96. The molecule has 1 unspecified atom stereocenters. The molecule has 7 nitrogen and oxygen atoms in total. The van der Waals surface area contributed by atoms with Gasteiger partial charge in [-0.05, 0) is 11.5 Å². The molecule has 0 aromatic carbocycles. The first-order valence-corrected chi connectivity index (χ1v) is 6.77. The Labute approximate surface area is 106 Å². The fraction of sp³-hybridized carbons (Fsp3) is 0.600. The first-order chi connectivity index (χ1) is 8.05. The molecule has 1 aromatic heterocycles. The predicted octanol–water partition coefficient (Wildman–Crippen LogP) is 0.198. The van der Waals surface area contributed by atoms with Crippen molar-refractivity contribution in [2.45, 2.75) is 31.8 Å². The Morgan fingerprint density at radius 3 is 2.39 bits per heavy atom. The Hall–Kier alpha value is -1.41. The molecule has 0 amide bonds. The third kappa shape index (κ3) is 3.08. The minimum atomic E-state index is -3.91. The monoisotopic (exact) mass is 275 g/mol. The van der Waals surface area contributed by atoms with Crippen molar-refractivity contribution >= 4 is 16.0 Å². The minimum absolute atomic E-state index is 0.0713. The highest BCUT2D eigenvalue weighted by molar-refractivity contribution is 7.89. The average Bonchev–Trinajstić information content (AvgIpc) is 2.59. The van der Waals surface area contributed by atoms with Gasteiger partial charge in [-0.15, -0.1) is 0 Å². The number of aryl methyl sites for hydroxylation is 1. The number of nitrogens with one attached hydrogen (secondary N) is 1. The first-order valence-electron chi connectivity index (χ1n) is 5.29. The molecule has 1 heterocycles. The zero-order chi connectivity index (χ0) is 14.1. The van der Waals surface area contributed by atoms with Crippen LogP contribution in [-0.4, -0.2) is 35.3 Å². The smallest absolute Gasteiger partial charge is 0.322 e. The summed E-state index contributed by atoms with van der Waals surface area (Å²) in [6.07, 6.45) is 1.33. The van der Waals surface area contributed by atoms with Crippen molar-refractivity contribution in [3.63, 3.8) is 0 Å². The molecule has 0 aliphatic carbocycles. The molecule has 18 heavy (non-hydrogen) atoms. The summed E-state index contributed by atoms with van der Waals surface area (Å²) in [5, 5.41) is 12.8. The van der Waals surface area contributed by atoms with E-state index in [1.807, 2.05) is 0 Å². The summed E-state index contributed by atoms with van der Waals surface area (Å²) in [4.78, 5) is 11.1. The lowest BCUT2D eigenvalue weighted by Crippen LogP contribution is -2.49. The molecular weight excluding hydrogens is 258 g/mol. The van der Waals surface area contributed by atoms with Crippen molar-refractivity contribution in [2.24, 2.45) is 12.5 Å². The van der Waals surface area contributed by atoms with E-state index in [4.69, 9.17) is 5.11 Å². The summed E-state index contributed by atoms with van der Waals surface area (Å²) in [7, 11) is -2.43. The third-order valence-corrected chi connectivity index (χ3v) is 3.93. The number of carbonyl (C=O) groups is 1. The van der Waals surface area contributed by atoms with Crippen LogP contribution in [0.4, 0.5) is 0 Å². The molecule has 2 N–H and O–H groups in total. The number of sulfonamides is 1. The highest BCUT2D eigenvalue weighted by atomic mass is 32.2. The molecule has 0 radical (unpaired) electrons. The largest absolute Gasteiger partial charge is 0.480 e. The molecule has 0 saturated heterocycles. The van der Waals surface area contributed by atoms with E-state index in [-0.39, 0.29) is 5.03 Å². The van der Waals surface area contributed by atoms with Gasteiger partial charge < -0.3 is 5.11 Å². The number of nitrogens with zero attached hydrogens (tertiary/aromatic N) is 2. The van der Waals surface area contributed by atoms with Crippen LogP contribution in [-0.2, 0) is 21.9 Å². The number of rotatable bonds is 4. The highest BCUT2D eigenvalue weighted by Crippen LogP contribution is 2.21. The van der Waals surface area contributed by atoms with Gasteiger partial charge in [-0.3, -0.25) is 9.48 Å².